The summed E-state index contributed by atoms with van der Waals surface area (Å²) in [6.07, 6.45) is -0.792. The average Bonchev–Trinajstić information content (AvgIpc) is 2.40. The Morgan fingerprint density at radius 1 is 1.53 bits per heavy atom. The summed E-state index contributed by atoms with van der Waals surface area (Å²) in [7, 11) is 2.72. The number of ether oxygens (including phenoxy) is 2. The second-order valence-corrected chi connectivity index (χ2v) is 3.59. The van der Waals surface area contributed by atoms with Gasteiger partial charge in [-0.1, -0.05) is 0 Å². The van der Waals surface area contributed by atoms with Crippen LogP contribution in [0.25, 0.3) is 0 Å². The van der Waals surface area contributed by atoms with E-state index in [-0.39, 0.29) is 18.0 Å². The van der Waals surface area contributed by atoms with Gasteiger partial charge in [0.25, 0.3) is 11.6 Å². The quantitative estimate of drug-likeness (QED) is 0.574. The molecule has 0 radical (unpaired) electrons. The molecule has 0 aromatic heterocycles. The lowest BCUT2D eigenvalue weighted by molar-refractivity contribution is -0.384. The molecule has 1 unspecified atom stereocenters. The molecule has 1 atom stereocenters. The lowest BCUT2D eigenvalue weighted by Gasteiger charge is -2.14. The monoisotopic (exact) mass is 269 g/mol. The molecule has 8 nitrogen and oxygen atoms in total. The number of methoxy groups -OCH3 is 2. The van der Waals surface area contributed by atoms with E-state index in [1.165, 1.54) is 32.4 Å². The van der Waals surface area contributed by atoms with E-state index in [9.17, 15) is 14.9 Å². The number of nitrogens with two attached hydrogens (primary N) is 1. The van der Waals surface area contributed by atoms with Crippen LogP contribution in [0.15, 0.2) is 18.2 Å². The minimum Gasteiger partial charge on any atom is -0.494 e. The molecule has 1 aromatic carbocycles. The Morgan fingerprint density at radius 3 is 2.68 bits per heavy atom. The van der Waals surface area contributed by atoms with Gasteiger partial charge >= 0.3 is 0 Å². The van der Waals surface area contributed by atoms with Gasteiger partial charge in [-0.3, -0.25) is 14.9 Å². The summed E-state index contributed by atoms with van der Waals surface area (Å²) in [5.74, 6) is -0.258. The van der Waals surface area contributed by atoms with E-state index < -0.39 is 16.9 Å². The number of carbonyl (C=O) groups excluding carboxylic acids is 1. The molecule has 1 aromatic rings. The van der Waals surface area contributed by atoms with Crippen LogP contribution in [0.5, 0.6) is 5.75 Å². The zero-order valence-corrected chi connectivity index (χ0v) is 10.6. The van der Waals surface area contributed by atoms with Gasteiger partial charge in [0, 0.05) is 19.7 Å². The largest absolute Gasteiger partial charge is 0.494 e. The fourth-order valence-corrected chi connectivity index (χ4v) is 1.42. The topological polar surface area (TPSA) is 117 Å². The number of nitro groups is 1. The third kappa shape index (κ3) is 3.63. The number of hydrogen-bond acceptors (Lipinski definition) is 6. The minimum absolute atomic E-state index is 0.0254. The lowest BCUT2D eigenvalue weighted by atomic mass is 10.2. The standard InChI is InChI=1S/C11H15N3O5/c1-18-9-5-7(14(16)17)3-4-8(9)13-11(15)10(6-12)19-2/h3-5,10H,6,12H2,1-2H3,(H,13,15). The van der Waals surface area contributed by atoms with E-state index in [0.29, 0.717) is 5.69 Å². The van der Waals surface area contributed by atoms with Gasteiger partial charge < -0.3 is 20.5 Å². The van der Waals surface area contributed by atoms with Crippen molar-refractivity contribution in [3.63, 3.8) is 0 Å². The van der Waals surface area contributed by atoms with Crippen molar-refractivity contribution in [2.45, 2.75) is 6.10 Å². The Hall–Kier alpha value is -2.19. The SMILES string of the molecule is COc1cc([N+](=O)[O-])ccc1NC(=O)C(CN)OC. The van der Waals surface area contributed by atoms with Crippen molar-refractivity contribution in [1.82, 2.24) is 0 Å². The predicted molar refractivity (Wildman–Crippen MR) is 68.1 cm³/mol. The van der Waals surface area contributed by atoms with Crippen molar-refractivity contribution in [2.75, 3.05) is 26.1 Å². The van der Waals surface area contributed by atoms with E-state index in [2.05, 4.69) is 5.32 Å². The molecule has 0 aliphatic rings. The zero-order valence-electron chi connectivity index (χ0n) is 10.6. The molecule has 0 saturated carbocycles. The lowest BCUT2D eigenvalue weighted by Crippen LogP contribution is -2.36. The molecule has 1 amide bonds. The first kappa shape index (κ1) is 14.9. The molecule has 0 spiro atoms. The third-order valence-electron chi connectivity index (χ3n) is 2.44. The van der Waals surface area contributed by atoms with E-state index in [4.69, 9.17) is 15.2 Å². The normalized spacial score (nSPS) is 11.7. The minimum atomic E-state index is -0.792. The molecule has 0 fully saturated rings. The van der Waals surface area contributed by atoms with Gasteiger partial charge in [-0.15, -0.1) is 0 Å². The number of carbonyl (C=O) groups is 1. The first-order valence-corrected chi connectivity index (χ1v) is 5.39. The number of hydrogen-bond donors (Lipinski definition) is 2. The number of anilines is 1. The Balaban J connectivity index is 2.95. The third-order valence-corrected chi connectivity index (χ3v) is 2.44. The second-order valence-electron chi connectivity index (χ2n) is 3.59. The molecule has 0 heterocycles. The van der Waals surface area contributed by atoms with E-state index in [1.807, 2.05) is 0 Å². The maximum atomic E-state index is 11.8. The van der Waals surface area contributed by atoms with Crippen LogP contribution in [0, 0.1) is 10.1 Å². The van der Waals surface area contributed by atoms with E-state index in [1.54, 1.807) is 0 Å². The number of non-ortho nitro benzene ring substituents is 1. The zero-order chi connectivity index (χ0) is 14.4. The van der Waals surface area contributed by atoms with Crippen LogP contribution in [0.3, 0.4) is 0 Å². The molecule has 1 rings (SSSR count). The summed E-state index contributed by atoms with van der Waals surface area (Å²) in [5, 5.41) is 13.2. The van der Waals surface area contributed by atoms with Gasteiger partial charge in [-0.05, 0) is 6.07 Å². The van der Waals surface area contributed by atoms with E-state index in [0.717, 1.165) is 0 Å². The van der Waals surface area contributed by atoms with Crippen LogP contribution in [-0.4, -0.2) is 37.7 Å². The van der Waals surface area contributed by atoms with Crippen molar-refractivity contribution in [2.24, 2.45) is 5.73 Å². The van der Waals surface area contributed by atoms with Crippen molar-refractivity contribution < 1.29 is 19.2 Å². The Bertz CT molecular complexity index is 473. The van der Waals surface area contributed by atoms with Crippen LogP contribution in [-0.2, 0) is 9.53 Å². The van der Waals surface area contributed by atoms with Gasteiger partial charge in [0.2, 0.25) is 0 Å². The van der Waals surface area contributed by atoms with Crippen LogP contribution in [0.4, 0.5) is 11.4 Å². The van der Waals surface area contributed by atoms with Crippen molar-refractivity contribution >= 4 is 17.3 Å². The van der Waals surface area contributed by atoms with Gasteiger partial charge in [0.15, 0.2) is 0 Å². The maximum Gasteiger partial charge on any atom is 0.273 e. The molecule has 104 valence electrons. The molecule has 8 heteroatoms. The van der Waals surface area contributed by atoms with Crippen molar-refractivity contribution in [1.29, 1.82) is 0 Å². The summed E-state index contributed by atoms with van der Waals surface area (Å²) >= 11 is 0. The highest BCUT2D eigenvalue weighted by Crippen LogP contribution is 2.29. The first-order valence-electron chi connectivity index (χ1n) is 5.39. The summed E-state index contributed by atoms with van der Waals surface area (Å²) in [6, 6.07) is 3.88. The Labute approximate surface area is 109 Å². The number of nitro benzene ring substituents is 1. The maximum absolute atomic E-state index is 11.8. The summed E-state index contributed by atoms with van der Waals surface area (Å²) in [6.45, 7) is 0.0254. The smallest absolute Gasteiger partial charge is 0.273 e. The number of benzene rings is 1. The average molecular weight is 269 g/mol. The molecule has 0 aliphatic carbocycles. The Morgan fingerprint density at radius 2 is 2.21 bits per heavy atom. The van der Waals surface area contributed by atoms with E-state index >= 15 is 0 Å². The van der Waals surface area contributed by atoms with Gasteiger partial charge in [-0.25, -0.2) is 0 Å². The summed E-state index contributed by atoms with van der Waals surface area (Å²) in [4.78, 5) is 21.8. The number of nitrogens with one attached hydrogen (secondary N) is 1. The Kier molecular flexibility index (Phi) is 5.22. The van der Waals surface area contributed by atoms with Crippen LogP contribution in [0.2, 0.25) is 0 Å². The molecule has 0 aliphatic heterocycles. The highest BCUT2D eigenvalue weighted by molar-refractivity contribution is 5.95. The second kappa shape index (κ2) is 6.66. The molecule has 0 saturated heterocycles. The highest BCUT2D eigenvalue weighted by Gasteiger charge is 2.18. The highest BCUT2D eigenvalue weighted by atomic mass is 16.6. The van der Waals surface area contributed by atoms with Crippen molar-refractivity contribution in [3.8, 4) is 5.75 Å². The first-order chi connectivity index (χ1) is 9.03. The molecular formula is C11H15N3O5. The molecule has 0 bridgehead atoms. The summed E-state index contributed by atoms with van der Waals surface area (Å²) in [5.41, 5.74) is 5.55. The van der Waals surface area contributed by atoms with Crippen LogP contribution >= 0.6 is 0 Å². The predicted octanol–water partition coefficient (Wildman–Crippen LogP) is 0.516. The van der Waals surface area contributed by atoms with Crippen LogP contribution in [0.1, 0.15) is 0 Å². The van der Waals surface area contributed by atoms with Gasteiger partial charge in [0.05, 0.1) is 23.8 Å². The van der Waals surface area contributed by atoms with Gasteiger partial charge in [-0.2, -0.15) is 0 Å². The fourth-order valence-electron chi connectivity index (χ4n) is 1.42. The number of rotatable bonds is 6. The number of amides is 1. The molecule has 19 heavy (non-hydrogen) atoms. The van der Waals surface area contributed by atoms with Crippen LogP contribution < -0.4 is 15.8 Å². The number of nitrogens with zero attached hydrogens (tertiary/aromatic N) is 1. The van der Waals surface area contributed by atoms with Crippen molar-refractivity contribution in [3.05, 3.63) is 28.3 Å². The summed E-state index contributed by atoms with van der Waals surface area (Å²) < 4.78 is 9.88. The fraction of sp³-hybridized carbons (Fsp3) is 0.364. The molecular weight excluding hydrogens is 254 g/mol. The van der Waals surface area contributed by atoms with Gasteiger partial charge in [0.1, 0.15) is 11.9 Å². The molecule has 3 N–H and O–H groups in total.